The second-order valence-corrected chi connectivity index (χ2v) is 3.85. The summed E-state index contributed by atoms with van der Waals surface area (Å²) >= 11 is 0. The van der Waals surface area contributed by atoms with Crippen molar-refractivity contribution in [2.24, 2.45) is 0 Å². The summed E-state index contributed by atoms with van der Waals surface area (Å²) in [6, 6.07) is 4.02. The average molecular weight is 204 g/mol. The molecular weight excluding hydrogens is 192 g/mol. The van der Waals surface area contributed by atoms with Crippen molar-refractivity contribution in [3.8, 4) is 5.75 Å². The Bertz CT molecular complexity index is 486. The van der Waals surface area contributed by atoms with E-state index in [9.17, 15) is 5.11 Å². The molecule has 15 heavy (non-hydrogen) atoms. The summed E-state index contributed by atoms with van der Waals surface area (Å²) in [7, 11) is 0. The summed E-state index contributed by atoms with van der Waals surface area (Å²) in [5, 5.41) is 13.4. The molecule has 0 saturated carbocycles. The third-order valence-electron chi connectivity index (χ3n) is 2.94. The molecule has 0 bridgehead atoms. The van der Waals surface area contributed by atoms with Gasteiger partial charge in [0.05, 0.1) is 0 Å². The van der Waals surface area contributed by atoms with Crippen LogP contribution < -0.4 is 5.32 Å². The molecule has 1 atom stereocenters. The first-order valence-electron chi connectivity index (χ1n) is 5.15. The predicted molar refractivity (Wildman–Crippen MR) is 55.7 cm³/mol. The largest absolute Gasteiger partial charge is 0.505 e. The normalized spacial score (nSPS) is 21.2. The lowest BCUT2D eigenvalue weighted by Gasteiger charge is -2.11. The van der Waals surface area contributed by atoms with Crippen molar-refractivity contribution in [3.05, 3.63) is 24.1 Å². The molecule has 0 spiro atoms. The third-order valence-corrected chi connectivity index (χ3v) is 2.94. The number of phenolic OH excluding ortho intramolecular Hbond substituents is 1. The van der Waals surface area contributed by atoms with Gasteiger partial charge in [0.1, 0.15) is 5.75 Å². The van der Waals surface area contributed by atoms with Crippen LogP contribution in [0.2, 0.25) is 0 Å². The molecule has 0 amide bonds. The molecule has 1 aromatic carbocycles. The van der Waals surface area contributed by atoms with Crippen LogP contribution in [0, 0.1) is 0 Å². The summed E-state index contributed by atoms with van der Waals surface area (Å²) in [5.74, 6) is 0.251. The standard InChI is InChI=1S/C11H12N2O2/c14-11-7(8-2-1-5-12-8)3-4-9-10(11)13-6-15-9/h3-4,6,8,12,14H,1-2,5H2. The lowest BCUT2D eigenvalue weighted by atomic mass is 10.0. The van der Waals surface area contributed by atoms with E-state index in [1.165, 1.54) is 6.39 Å². The van der Waals surface area contributed by atoms with Crippen LogP contribution in [-0.4, -0.2) is 16.6 Å². The SMILES string of the molecule is Oc1c(C2CCCN2)ccc2ocnc12. The summed E-state index contributed by atoms with van der Waals surface area (Å²) in [5.41, 5.74) is 2.12. The predicted octanol–water partition coefficient (Wildman–Crippen LogP) is 1.96. The number of aromatic hydroxyl groups is 1. The number of hydrogen-bond donors (Lipinski definition) is 2. The van der Waals surface area contributed by atoms with E-state index in [0.29, 0.717) is 11.1 Å². The Hall–Kier alpha value is -1.55. The highest BCUT2D eigenvalue weighted by Crippen LogP contribution is 2.34. The maximum atomic E-state index is 10.0. The number of nitrogens with zero attached hydrogens (tertiary/aromatic N) is 1. The summed E-state index contributed by atoms with van der Waals surface area (Å²) in [6.07, 6.45) is 3.58. The molecule has 4 nitrogen and oxygen atoms in total. The van der Waals surface area contributed by atoms with E-state index in [2.05, 4.69) is 10.3 Å². The van der Waals surface area contributed by atoms with Crippen molar-refractivity contribution >= 4 is 11.1 Å². The van der Waals surface area contributed by atoms with Gasteiger partial charge in [-0.25, -0.2) is 4.98 Å². The molecule has 1 saturated heterocycles. The van der Waals surface area contributed by atoms with Gasteiger partial charge in [-0.1, -0.05) is 0 Å². The van der Waals surface area contributed by atoms with Gasteiger partial charge in [-0.3, -0.25) is 0 Å². The minimum absolute atomic E-state index is 0.251. The van der Waals surface area contributed by atoms with Crippen LogP contribution in [0.15, 0.2) is 22.9 Å². The van der Waals surface area contributed by atoms with E-state index in [0.717, 1.165) is 24.9 Å². The smallest absolute Gasteiger partial charge is 0.182 e. The fourth-order valence-electron chi connectivity index (χ4n) is 2.16. The molecule has 2 aromatic rings. The Kier molecular flexibility index (Phi) is 1.89. The average Bonchev–Trinajstić information content (AvgIpc) is 2.87. The first-order chi connectivity index (χ1) is 7.36. The van der Waals surface area contributed by atoms with Gasteiger partial charge in [-0.2, -0.15) is 0 Å². The number of benzene rings is 1. The molecule has 1 unspecified atom stereocenters. The topological polar surface area (TPSA) is 58.3 Å². The number of phenols is 1. The molecule has 2 heterocycles. The van der Waals surface area contributed by atoms with Crippen molar-refractivity contribution < 1.29 is 9.52 Å². The van der Waals surface area contributed by atoms with Gasteiger partial charge < -0.3 is 14.8 Å². The number of hydrogen-bond acceptors (Lipinski definition) is 4. The number of nitrogens with one attached hydrogen (secondary N) is 1. The first kappa shape index (κ1) is 8.73. The van der Waals surface area contributed by atoms with Gasteiger partial charge in [0.25, 0.3) is 0 Å². The molecule has 1 aliphatic heterocycles. The fraction of sp³-hybridized carbons (Fsp3) is 0.364. The Labute approximate surface area is 86.9 Å². The second kappa shape index (κ2) is 3.24. The zero-order valence-corrected chi connectivity index (χ0v) is 8.23. The minimum atomic E-state index is 0.251. The van der Waals surface area contributed by atoms with Gasteiger partial charge in [-0.05, 0) is 31.5 Å². The molecule has 1 fully saturated rings. The van der Waals surface area contributed by atoms with Crippen molar-refractivity contribution in [2.45, 2.75) is 18.9 Å². The molecule has 1 aliphatic rings. The number of aromatic nitrogens is 1. The Morgan fingerprint density at radius 3 is 3.20 bits per heavy atom. The fourth-order valence-corrected chi connectivity index (χ4v) is 2.16. The van der Waals surface area contributed by atoms with Crippen LogP contribution in [0.25, 0.3) is 11.1 Å². The third kappa shape index (κ3) is 1.29. The summed E-state index contributed by atoms with van der Waals surface area (Å²) in [4.78, 5) is 4.01. The molecule has 78 valence electrons. The molecule has 2 N–H and O–H groups in total. The van der Waals surface area contributed by atoms with Crippen LogP contribution in [0.3, 0.4) is 0 Å². The van der Waals surface area contributed by atoms with E-state index in [1.807, 2.05) is 12.1 Å². The zero-order chi connectivity index (χ0) is 10.3. The number of fused-ring (bicyclic) bond motifs is 1. The first-order valence-corrected chi connectivity index (χ1v) is 5.15. The van der Waals surface area contributed by atoms with Gasteiger partial charge in [-0.15, -0.1) is 0 Å². The molecular formula is C11H12N2O2. The van der Waals surface area contributed by atoms with E-state index in [4.69, 9.17) is 4.42 Å². The summed E-state index contributed by atoms with van der Waals surface area (Å²) in [6.45, 7) is 1.01. The molecule has 1 aromatic heterocycles. The molecule has 0 radical (unpaired) electrons. The highest BCUT2D eigenvalue weighted by Gasteiger charge is 2.21. The quantitative estimate of drug-likeness (QED) is 0.745. The molecule has 0 aliphatic carbocycles. The zero-order valence-electron chi connectivity index (χ0n) is 8.23. The van der Waals surface area contributed by atoms with Crippen molar-refractivity contribution in [1.82, 2.24) is 10.3 Å². The van der Waals surface area contributed by atoms with Crippen molar-refractivity contribution in [3.63, 3.8) is 0 Å². The van der Waals surface area contributed by atoms with E-state index in [1.54, 1.807) is 0 Å². The Balaban J connectivity index is 2.13. The molecule has 4 heteroatoms. The van der Waals surface area contributed by atoms with Crippen molar-refractivity contribution in [2.75, 3.05) is 6.54 Å². The van der Waals surface area contributed by atoms with Crippen LogP contribution in [0.4, 0.5) is 0 Å². The van der Waals surface area contributed by atoms with Crippen molar-refractivity contribution in [1.29, 1.82) is 0 Å². The Morgan fingerprint density at radius 1 is 1.47 bits per heavy atom. The highest BCUT2D eigenvalue weighted by molar-refractivity contribution is 5.80. The van der Waals surface area contributed by atoms with E-state index < -0.39 is 0 Å². The second-order valence-electron chi connectivity index (χ2n) is 3.85. The maximum Gasteiger partial charge on any atom is 0.182 e. The monoisotopic (exact) mass is 204 g/mol. The van der Waals surface area contributed by atoms with Gasteiger partial charge in [0, 0.05) is 11.6 Å². The number of oxazole rings is 1. The number of rotatable bonds is 1. The minimum Gasteiger partial charge on any atom is -0.505 e. The maximum absolute atomic E-state index is 10.0. The van der Waals surface area contributed by atoms with Crippen LogP contribution in [0.5, 0.6) is 5.75 Å². The van der Waals surface area contributed by atoms with Gasteiger partial charge in [0.15, 0.2) is 17.5 Å². The lowest BCUT2D eigenvalue weighted by Crippen LogP contribution is -2.12. The highest BCUT2D eigenvalue weighted by atomic mass is 16.3. The Morgan fingerprint density at radius 2 is 2.40 bits per heavy atom. The molecule has 3 rings (SSSR count). The van der Waals surface area contributed by atoms with Crippen LogP contribution >= 0.6 is 0 Å². The van der Waals surface area contributed by atoms with Gasteiger partial charge >= 0.3 is 0 Å². The summed E-state index contributed by atoms with van der Waals surface area (Å²) < 4.78 is 5.12. The van der Waals surface area contributed by atoms with Gasteiger partial charge in [0.2, 0.25) is 0 Å². The van der Waals surface area contributed by atoms with E-state index in [-0.39, 0.29) is 11.8 Å². The van der Waals surface area contributed by atoms with Crippen LogP contribution in [0.1, 0.15) is 24.4 Å². The lowest BCUT2D eigenvalue weighted by molar-refractivity contribution is 0.462. The van der Waals surface area contributed by atoms with E-state index >= 15 is 0 Å². The van der Waals surface area contributed by atoms with Crippen LogP contribution in [-0.2, 0) is 0 Å².